The highest BCUT2D eigenvalue weighted by molar-refractivity contribution is 14.1. The van der Waals surface area contributed by atoms with E-state index in [0.29, 0.717) is 0 Å². The summed E-state index contributed by atoms with van der Waals surface area (Å²) in [6.07, 6.45) is 1.24. The van der Waals surface area contributed by atoms with E-state index in [4.69, 9.17) is 0 Å². The Morgan fingerprint density at radius 2 is 2.08 bits per heavy atom. The summed E-state index contributed by atoms with van der Waals surface area (Å²) in [5.74, 6) is 0. The van der Waals surface area contributed by atoms with Crippen LogP contribution in [0.2, 0.25) is 0 Å². The molecule has 0 bridgehead atoms. The van der Waals surface area contributed by atoms with Gasteiger partial charge in [0.25, 0.3) is 0 Å². The Labute approximate surface area is 102 Å². The van der Waals surface area contributed by atoms with Gasteiger partial charge in [-0.05, 0) is 24.6 Å². The van der Waals surface area contributed by atoms with E-state index in [1.54, 1.807) is 0 Å². The van der Waals surface area contributed by atoms with E-state index in [0.717, 1.165) is 13.1 Å². The van der Waals surface area contributed by atoms with Gasteiger partial charge in [-0.1, -0.05) is 56.7 Å². The molecule has 72 valence electrons. The molecule has 0 spiro atoms. The van der Waals surface area contributed by atoms with Crippen LogP contribution in [-0.2, 0) is 6.54 Å². The van der Waals surface area contributed by atoms with E-state index in [2.05, 4.69) is 62.0 Å². The third kappa shape index (κ3) is 4.42. The number of alkyl halides is 1. The van der Waals surface area contributed by atoms with Crippen molar-refractivity contribution in [1.29, 1.82) is 0 Å². The average Bonchev–Trinajstić information content (AvgIpc) is 2.15. The fraction of sp³-hybridized carbons (Fsp3) is 0.400. The van der Waals surface area contributed by atoms with Gasteiger partial charge in [-0.3, -0.25) is 0 Å². The Balaban J connectivity index is 2.32. The van der Waals surface area contributed by atoms with Gasteiger partial charge in [-0.2, -0.15) is 0 Å². The molecule has 1 rings (SSSR count). The predicted octanol–water partition coefficient (Wildman–Crippen LogP) is 3.36. The van der Waals surface area contributed by atoms with Crippen LogP contribution < -0.4 is 5.32 Å². The average molecular weight is 354 g/mol. The minimum absolute atomic E-state index is 0.956. The molecule has 3 heteroatoms. The van der Waals surface area contributed by atoms with Crippen molar-refractivity contribution in [2.75, 3.05) is 11.0 Å². The van der Waals surface area contributed by atoms with Gasteiger partial charge in [0, 0.05) is 15.4 Å². The second-order valence-electron chi connectivity index (χ2n) is 2.81. The van der Waals surface area contributed by atoms with Crippen LogP contribution in [0.15, 0.2) is 28.7 Å². The quantitative estimate of drug-likeness (QED) is 0.486. The number of rotatable bonds is 5. The minimum atomic E-state index is 0.956. The highest BCUT2D eigenvalue weighted by atomic mass is 127. The first kappa shape index (κ1) is 11.5. The number of hydrogen-bond acceptors (Lipinski definition) is 1. The highest BCUT2D eigenvalue weighted by Crippen LogP contribution is 2.15. The van der Waals surface area contributed by atoms with E-state index >= 15 is 0 Å². The lowest BCUT2D eigenvalue weighted by Gasteiger charge is -2.05. The number of benzene rings is 1. The Bertz CT molecular complexity index is 252. The predicted molar refractivity (Wildman–Crippen MR) is 69.4 cm³/mol. The third-order valence-electron chi connectivity index (χ3n) is 1.76. The summed E-state index contributed by atoms with van der Waals surface area (Å²) < 4.78 is 2.41. The van der Waals surface area contributed by atoms with Crippen LogP contribution in [0.1, 0.15) is 12.0 Å². The van der Waals surface area contributed by atoms with Crippen molar-refractivity contribution in [2.45, 2.75) is 13.0 Å². The maximum Gasteiger partial charge on any atom is 0.0220 e. The van der Waals surface area contributed by atoms with Crippen LogP contribution in [0.25, 0.3) is 0 Å². The van der Waals surface area contributed by atoms with Crippen LogP contribution in [0, 0.1) is 0 Å². The number of halogens is 2. The first-order valence-corrected chi connectivity index (χ1v) is 6.66. The molecule has 0 aliphatic heterocycles. The molecule has 0 unspecified atom stereocenters. The van der Waals surface area contributed by atoms with Gasteiger partial charge in [-0.15, -0.1) is 0 Å². The summed E-state index contributed by atoms with van der Waals surface area (Å²) >= 11 is 5.92. The molecule has 0 aromatic heterocycles. The van der Waals surface area contributed by atoms with Crippen molar-refractivity contribution >= 4 is 38.5 Å². The molecular formula is C10H13BrIN. The van der Waals surface area contributed by atoms with Gasteiger partial charge in [0.05, 0.1) is 0 Å². The largest absolute Gasteiger partial charge is 0.313 e. The van der Waals surface area contributed by atoms with Gasteiger partial charge in [-0.25, -0.2) is 0 Å². The lowest BCUT2D eigenvalue weighted by Crippen LogP contribution is -2.15. The maximum absolute atomic E-state index is 3.52. The van der Waals surface area contributed by atoms with Crippen LogP contribution in [-0.4, -0.2) is 11.0 Å². The SMILES string of the molecule is Brc1ccccc1CNCCCI. The number of hydrogen-bond donors (Lipinski definition) is 1. The van der Waals surface area contributed by atoms with Gasteiger partial charge >= 0.3 is 0 Å². The van der Waals surface area contributed by atoms with Gasteiger partial charge in [0.15, 0.2) is 0 Å². The molecule has 0 amide bonds. The van der Waals surface area contributed by atoms with E-state index in [-0.39, 0.29) is 0 Å². The molecule has 0 saturated carbocycles. The molecule has 13 heavy (non-hydrogen) atoms. The van der Waals surface area contributed by atoms with Crippen molar-refractivity contribution in [3.05, 3.63) is 34.3 Å². The smallest absolute Gasteiger partial charge is 0.0220 e. The maximum atomic E-state index is 3.52. The zero-order valence-corrected chi connectivity index (χ0v) is 11.1. The Kier molecular flexibility index (Phi) is 5.98. The second kappa shape index (κ2) is 6.79. The normalized spacial score (nSPS) is 10.3. The molecule has 0 heterocycles. The molecule has 1 nitrogen and oxygen atoms in total. The topological polar surface area (TPSA) is 12.0 Å². The van der Waals surface area contributed by atoms with Crippen molar-refractivity contribution < 1.29 is 0 Å². The Morgan fingerprint density at radius 1 is 1.31 bits per heavy atom. The molecule has 0 atom stereocenters. The van der Waals surface area contributed by atoms with Crippen LogP contribution in [0.3, 0.4) is 0 Å². The summed E-state index contributed by atoms with van der Waals surface area (Å²) in [6.45, 7) is 2.06. The van der Waals surface area contributed by atoms with Crippen molar-refractivity contribution in [2.24, 2.45) is 0 Å². The minimum Gasteiger partial charge on any atom is -0.313 e. The third-order valence-corrected chi connectivity index (χ3v) is 3.30. The summed E-state index contributed by atoms with van der Waals surface area (Å²) in [6, 6.07) is 8.33. The van der Waals surface area contributed by atoms with Crippen LogP contribution in [0.5, 0.6) is 0 Å². The summed E-state index contributed by atoms with van der Waals surface area (Å²) in [5, 5.41) is 3.41. The molecule has 0 radical (unpaired) electrons. The zero-order valence-electron chi connectivity index (χ0n) is 7.39. The molecular weight excluding hydrogens is 341 g/mol. The van der Waals surface area contributed by atoms with Crippen molar-refractivity contribution in [3.8, 4) is 0 Å². The number of nitrogens with one attached hydrogen (secondary N) is 1. The molecule has 0 aliphatic rings. The Morgan fingerprint density at radius 3 is 2.77 bits per heavy atom. The van der Waals surface area contributed by atoms with Gasteiger partial charge in [0.2, 0.25) is 0 Å². The summed E-state index contributed by atoms with van der Waals surface area (Å²) in [7, 11) is 0. The molecule has 1 aromatic rings. The zero-order chi connectivity index (χ0) is 9.52. The fourth-order valence-corrected chi connectivity index (χ4v) is 1.86. The van der Waals surface area contributed by atoms with E-state index in [1.165, 1.54) is 20.9 Å². The van der Waals surface area contributed by atoms with Crippen molar-refractivity contribution in [3.63, 3.8) is 0 Å². The van der Waals surface area contributed by atoms with Crippen molar-refractivity contribution in [1.82, 2.24) is 5.32 Å². The summed E-state index contributed by atoms with van der Waals surface area (Å²) in [4.78, 5) is 0. The first-order valence-electron chi connectivity index (χ1n) is 4.34. The molecule has 1 aromatic carbocycles. The first-order chi connectivity index (χ1) is 6.34. The standard InChI is InChI=1S/C10H13BrIN/c11-10-5-2-1-4-9(10)8-13-7-3-6-12/h1-2,4-5,13H,3,6-8H2. The van der Waals surface area contributed by atoms with Gasteiger partial charge in [0.1, 0.15) is 0 Å². The fourth-order valence-electron chi connectivity index (χ4n) is 1.06. The highest BCUT2D eigenvalue weighted by Gasteiger charge is 1.96. The second-order valence-corrected chi connectivity index (χ2v) is 4.74. The van der Waals surface area contributed by atoms with E-state index < -0.39 is 0 Å². The Hall–Kier alpha value is 0.390. The molecule has 0 aliphatic carbocycles. The van der Waals surface area contributed by atoms with Crippen LogP contribution >= 0.6 is 38.5 Å². The van der Waals surface area contributed by atoms with E-state index in [9.17, 15) is 0 Å². The molecule has 1 N–H and O–H groups in total. The molecule has 0 fully saturated rings. The summed E-state index contributed by atoms with van der Waals surface area (Å²) in [5.41, 5.74) is 1.33. The lowest BCUT2D eigenvalue weighted by atomic mass is 10.2. The van der Waals surface area contributed by atoms with Crippen LogP contribution in [0.4, 0.5) is 0 Å². The molecule has 0 saturated heterocycles. The van der Waals surface area contributed by atoms with Gasteiger partial charge < -0.3 is 5.32 Å². The monoisotopic (exact) mass is 353 g/mol. The van der Waals surface area contributed by atoms with E-state index in [1.807, 2.05) is 6.07 Å². The lowest BCUT2D eigenvalue weighted by molar-refractivity contribution is 0.680.